The Labute approximate surface area is 270 Å². The van der Waals surface area contributed by atoms with Gasteiger partial charge in [0.05, 0.1) is 6.42 Å². The third-order valence-electron chi connectivity index (χ3n) is 6.12. The molecular formula is C32H41Cl4N3O3. The lowest BCUT2D eigenvalue weighted by Crippen LogP contribution is -2.41. The van der Waals surface area contributed by atoms with Crippen LogP contribution in [0.5, 0.6) is 0 Å². The molecule has 6 nitrogen and oxygen atoms in total. The van der Waals surface area contributed by atoms with Crippen LogP contribution in [-0.4, -0.2) is 43.1 Å². The average molecular weight is 658 g/mol. The number of hydrogen-bond acceptors (Lipinski definition) is 4. The summed E-state index contributed by atoms with van der Waals surface area (Å²) in [5, 5.41) is 2.27. The summed E-state index contributed by atoms with van der Waals surface area (Å²) >= 11 is 24.1. The molecule has 2 aromatic carbocycles. The molecule has 1 unspecified atom stereocenters. The van der Waals surface area contributed by atoms with Crippen LogP contribution in [0.3, 0.4) is 0 Å². The summed E-state index contributed by atoms with van der Waals surface area (Å²) in [6.07, 6.45) is 5.59. The number of rotatable bonds is 8. The van der Waals surface area contributed by atoms with Crippen molar-refractivity contribution in [2.45, 2.75) is 46.0 Å². The molecule has 0 bridgehead atoms. The topological polar surface area (TPSA) is 106 Å². The van der Waals surface area contributed by atoms with Crippen molar-refractivity contribution in [2.75, 3.05) is 20.1 Å². The number of aryl methyl sites for hydroxylation is 1. The molecule has 4 N–H and O–H groups in total. The first-order valence-electron chi connectivity index (χ1n) is 13.3. The fraction of sp³-hybridized carbons (Fsp3) is 0.344. The molecule has 0 radical (unpaired) electrons. The molecule has 42 heavy (non-hydrogen) atoms. The number of amides is 2. The highest BCUT2D eigenvalue weighted by atomic mass is 35.5. The Hall–Kier alpha value is -2.61. The van der Waals surface area contributed by atoms with E-state index in [1.807, 2.05) is 31.2 Å². The summed E-state index contributed by atoms with van der Waals surface area (Å²) in [5.74, 6) is -0.355. The van der Waals surface area contributed by atoms with Gasteiger partial charge in [0.25, 0.3) is 0 Å². The molecule has 2 amide bonds. The van der Waals surface area contributed by atoms with Gasteiger partial charge in [0, 0.05) is 45.5 Å². The second-order valence-corrected chi connectivity index (χ2v) is 10.9. The number of nitrogens with two attached hydrogens (primary N) is 2. The molecule has 1 aliphatic heterocycles. The monoisotopic (exact) mass is 655 g/mol. The number of likely N-dealkylation sites (tertiary alicyclic amines) is 1. The predicted molar refractivity (Wildman–Crippen MR) is 179 cm³/mol. The number of primary amides is 1. The molecule has 1 atom stereocenters. The van der Waals surface area contributed by atoms with Crippen LogP contribution in [0.4, 0.5) is 0 Å². The second kappa shape index (κ2) is 22.0. The molecule has 1 saturated heterocycles. The normalized spacial score (nSPS) is 14.9. The van der Waals surface area contributed by atoms with Crippen molar-refractivity contribution in [1.82, 2.24) is 4.90 Å². The molecule has 1 aliphatic rings. The summed E-state index contributed by atoms with van der Waals surface area (Å²) < 4.78 is 0. The first kappa shape index (κ1) is 39.4. The van der Waals surface area contributed by atoms with Gasteiger partial charge in [0.15, 0.2) is 0 Å². The van der Waals surface area contributed by atoms with Gasteiger partial charge in [-0.15, -0.1) is 13.2 Å². The van der Waals surface area contributed by atoms with Crippen molar-refractivity contribution in [3.05, 3.63) is 98.5 Å². The summed E-state index contributed by atoms with van der Waals surface area (Å²) in [5.41, 5.74) is 13.3. The van der Waals surface area contributed by atoms with E-state index in [4.69, 9.17) is 52.1 Å². The zero-order valence-corrected chi connectivity index (χ0v) is 27.5. The van der Waals surface area contributed by atoms with Crippen LogP contribution >= 0.6 is 46.4 Å². The second-order valence-electron chi connectivity index (χ2n) is 9.12. The van der Waals surface area contributed by atoms with E-state index in [2.05, 4.69) is 18.9 Å². The number of allylic oxidation sites excluding steroid dienone is 4. The van der Waals surface area contributed by atoms with Crippen molar-refractivity contribution in [3.63, 3.8) is 0 Å². The predicted octanol–water partition coefficient (Wildman–Crippen LogP) is 7.57. The van der Waals surface area contributed by atoms with E-state index in [1.54, 1.807) is 36.1 Å². The first-order chi connectivity index (χ1) is 20.0. The van der Waals surface area contributed by atoms with Crippen LogP contribution in [0.25, 0.3) is 5.57 Å². The minimum atomic E-state index is -0.286. The first-order valence-corrected chi connectivity index (χ1v) is 14.8. The van der Waals surface area contributed by atoms with Gasteiger partial charge in [0.1, 0.15) is 6.29 Å². The van der Waals surface area contributed by atoms with Crippen LogP contribution < -0.4 is 11.5 Å². The summed E-state index contributed by atoms with van der Waals surface area (Å²) in [6.45, 7) is 10.9. The van der Waals surface area contributed by atoms with Crippen LogP contribution in [-0.2, 0) is 27.2 Å². The fourth-order valence-corrected chi connectivity index (χ4v) is 4.89. The molecule has 230 valence electrons. The third-order valence-corrected chi connectivity index (χ3v) is 7.33. The third kappa shape index (κ3) is 14.5. The number of benzene rings is 2. The standard InChI is InChI=1S/C15H17Cl2NO.C14H15Cl2NO2.C2H4.CH5N/c1-10(16)9-14(17)11(2)13-6-3-12(4-7-13)5-8-15(18)19;15-12-4-1-5-13(16)11(12)7-14(19)17-6-2-3-10(8-17)9-18;2*1-2/h3-4,6-7,9H,5,8H2,1-2H3,(H2,18,19);1,4-5,9-10H,2-3,6-8H2;1-2H2;2H2,1H3/b10-9+,14-11-;;;. The molecule has 0 aliphatic carbocycles. The van der Waals surface area contributed by atoms with Gasteiger partial charge in [-0.25, -0.2) is 0 Å². The van der Waals surface area contributed by atoms with E-state index in [1.165, 1.54) is 7.05 Å². The van der Waals surface area contributed by atoms with Crippen LogP contribution in [0.2, 0.25) is 10.0 Å². The Bertz CT molecular complexity index is 1190. The summed E-state index contributed by atoms with van der Waals surface area (Å²) in [7, 11) is 1.50. The lowest BCUT2D eigenvalue weighted by Gasteiger charge is -2.30. The zero-order chi connectivity index (χ0) is 32.2. The number of carbonyl (C=O) groups excluding carboxylic acids is 3. The smallest absolute Gasteiger partial charge is 0.227 e. The number of nitrogens with zero attached hydrogens (tertiary/aromatic N) is 1. The van der Waals surface area contributed by atoms with Crippen LogP contribution in [0.1, 0.15) is 49.8 Å². The molecule has 2 aromatic rings. The number of halogens is 4. The molecular weight excluding hydrogens is 616 g/mol. The highest BCUT2D eigenvalue weighted by Gasteiger charge is 2.24. The summed E-state index contributed by atoms with van der Waals surface area (Å²) in [6, 6.07) is 13.1. The maximum atomic E-state index is 12.2. The molecule has 1 heterocycles. The summed E-state index contributed by atoms with van der Waals surface area (Å²) in [4.78, 5) is 35.5. The van der Waals surface area contributed by atoms with E-state index in [0.29, 0.717) is 51.6 Å². The van der Waals surface area contributed by atoms with Gasteiger partial charge < -0.3 is 21.2 Å². The molecule has 1 fully saturated rings. The van der Waals surface area contributed by atoms with Gasteiger partial charge in [-0.3, -0.25) is 9.59 Å². The molecule has 0 aromatic heterocycles. The Morgan fingerprint density at radius 3 is 2.10 bits per heavy atom. The van der Waals surface area contributed by atoms with Crippen molar-refractivity contribution in [3.8, 4) is 0 Å². The van der Waals surface area contributed by atoms with Gasteiger partial charge in [-0.2, -0.15) is 0 Å². The number of aldehydes is 1. The molecule has 0 saturated carbocycles. The van der Waals surface area contributed by atoms with Crippen molar-refractivity contribution < 1.29 is 14.4 Å². The number of piperidine rings is 1. The van der Waals surface area contributed by atoms with E-state index >= 15 is 0 Å². The van der Waals surface area contributed by atoms with Gasteiger partial charge in [0.2, 0.25) is 11.8 Å². The van der Waals surface area contributed by atoms with E-state index < -0.39 is 0 Å². The zero-order valence-electron chi connectivity index (χ0n) is 24.5. The SMILES string of the molecule is C/C(=C(Cl)\C=C(/C)Cl)c1ccc(CCC(N)=O)cc1.C=C.CN.O=CC1CCCN(C(=O)Cc2c(Cl)cccc2Cl)C1. The minimum absolute atomic E-state index is 0.0263. The fourth-order valence-electron chi connectivity index (χ4n) is 3.92. The molecule has 3 rings (SSSR count). The van der Waals surface area contributed by atoms with Crippen molar-refractivity contribution in [1.29, 1.82) is 0 Å². The Kier molecular flexibility index (Phi) is 20.6. The number of carbonyl (C=O) groups is 3. The Morgan fingerprint density at radius 1 is 1.02 bits per heavy atom. The maximum Gasteiger partial charge on any atom is 0.227 e. The highest BCUT2D eigenvalue weighted by molar-refractivity contribution is 6.37. The highest BCUT2D eigenvalue weighted by Crippen LogP contribution is 2.26. The van der Waals surface area contributed by atoms with Gasteiger partial charge in [-0.1, -0.05) is 76.7 Å². The average Bonchev–Trinajstić information content (AvgIpc) is 3.00. The maximum absolute atomic E-state index is 12.2. The van der Waals surface area contributed by atoms with E-state index in [-0.39, 0.29) is 24.2 Å². The number of hydrogen-bond donors (Lipinski definition) is 2. The van der Waals surface area contributed by atoms with Crippen LogP contribution in [0.15, 0.2) is 71.8 Å². The lowest BCUT2D eigenvalue weighted by atomic mass is 9.99. The minimum Gasteiger partial charge on any atom is -0.370 e. The van der Waals surface area contributed by atoms with Gasteiger partial charge >= 0.3 is 0 Å². The molecule has 0 spiro atoms. The molecule has 10 heteroatoms. The van der Waals surface area contributed by atoms with Gasteiger partial charge in [-0.05, 0) is 80.6 Å². The van der Waals surface area contributed by atoms with E-state index in [9.17, 15) is 14.4 Å². The Morgan fingerprint density at radius 2 is 1.60 bits per heavy atom. The Balaban J connectivity index is 0.000000716. The van der Waals surface area contributed by atoms with E-state index in [0.717, 1.165) is 35.8 Å². The van der Waals surface area contributed by atoms with Crippen LogP contribution in [0, 0.1) is 5.92 Å². The van der Waals surface area contributed by atoms with Crippen molar-refractivity contribution >= 4 is 70.1 Å². The lowest BCUT2D eigenvalue weighted by molar-refractivity contribution is -0.133. The quantitative estimate of drug-likeness (QED) is 0.174. The van der Waals surface area contributed by atoms with Crippen molar-refractivity contribution in [2.24, 2.45) is 17.4 Å². The largest absolute Gasteiger partial charge is 0.370 e.